The van der Waals surface area contributed by atoms with Gasteiger partial charge in [0.15, 0.2) is 0 Å². The Hall–Kier alpha value is 0.400. The summed E-state index contributed by atoms with van der Waals surface area (Å²) in [5.41, 5.74) is 1.27. The van der Waals surface area contributed by atoms with Gasteiger partial charge in [0.25, 0.3) is 0 Å². The number of epoxide rings is 1. The highest BCUT2D eigenvalue weighted by atomic mass is 35.5. The Morgan fingerprint density at radius 1 is 0.947 bits per heavy atom. The summed E-state index contributed by atoms with van der Waals surface area (Å²) < 4.78 is 5.31. The molecule has 0 bridgehead atoms. The lowest BCUT2D eigenvalue weighted by Crippen LogP contribution is -2.12. The topological polar surface area (TPSA) is 12.5 Å². The largest absolute Gasteiger partial charge is 0.338 e. The van der Waals surface area contributed by atoms with Crippen LogP contribution in [0.3, 0.4) is 0 Å². The Labute approximate surface area is 139 Å². The first kappa shape index (κ1) is 14.3. The van der Waals surface area contributed by atoms with Crippen LogP contribution in [0.5, 0.6) is 0 Å². The van der Waals surface area contributed by atoms with Crippen LogP contribution in [0.15, 0.2) is 28.3 Å². The molecule has 1 saturated heterocycles. The number of halogens is 6. The van der Waals surface area contributed by atoms with E-state index in [2.05, 4.69) is 0 Å². The molecule has 100 valence electrons. The summed E-state index contributed by atoms with van der Waals surface area (Å²) in [6.07, 6.45) is 1.18. The molecule has 1 aromatic rings. The van der Waals surface area contributed by atoms with E-state index in [0.717, 1.165) is 0 Å². The van der Waals surface area contributed by atoms with Crippen molar-refractivity contribution < 1.29 is 4.74 Å². The van der Waals surface area contributed by atoms with Crippen molar-refractivity contribution in [3.05, 3.63) is 48.9 Å². The molecule has 7 heteroatoms. The normalized spacial score (nSPS) is 29.2. The van der Waals surface area contributed by atoms with E-state index in [0.29, 0.717) is 36.3 Å². The van der Waals surface area contributed by atoms with Crippen molar-refractivity contribution >= 4 is 75.2 Å². The van der Waals surface area contributed by atoms with Crippen molar-refractivity contribution in [3.63, 3.8) is 0 Å². The lowest BCUT2D eigenvalue weighted by atomic mass is 9.99. The van der Waals surface area contributed by atoms with Crippen LogP contribution in [-0.4, -0.2) is 11.2 Å². The van der Waals surface area contributed by atoms with E-state index < -0.39 is 11.2 Å². The highest BCUT2D eigenvalue weighted by Crippen LogP contribution is 2.58. The van der Waals surface area contributed by atoms with Crippen LogP contribution in [-0.2, 0) is 4.74 Å². The highest BCUT2D eigenvalue weighted by Gasteiger charge is 2.62. The number of hydrogen-bond donors (Lipinski definition) is 0. The average molecular weight is 377 g/mol. The Kier molecular flexibility index (Phi) is 3.55. The second-order valence-electron chi connectivity index (χ2n) is 4.14. The third-order valence-corrected chi connectivity index (χ3v) is 5.37. The Morgan fingerprint density at radius 3 is 2.26 bits per heavy atom. The minimum absolute atomic E-state index is 0.362. The monoisotopic (exact) mass is 374 g/mol. The molecular formula is C12H4Cl6O. The van der Waals surface area contributed by atoms with Gasteiger partial charge in [-0.3, -0.25) is 0 Å². The molecule has 1 aliphatic heterocycles. The van der Waals surface area contributed by atoms with Gasteiger partial charge in [0.1, 0.15) is 6.10 Å². The van der Waals surface area contributed by atoms with E-state index in [1.165, 1.54) is 0 Å². The molecule has 0 spiro atoms. The van der Waals surface area contributed by atoms with Crippen LogP contribution in [0.4, 0.5) is 0 Å². The Morgan fingerprint density at radius 2 is 1.58 bits per heavy atom. The lowest BCUT2D eigenvalue weighted by molar-refractivity contribution is 0.392. The van der Waals surface area contributed by atoms with Crippen molar-refractivity contribution in [1.29, 1.82) is 0 Å². The Balaban J connectivity index is 2.16. The fourth-order valence-electron chi connectivity index (χ4n) is 1.90. The lowest BCUT2D eigenvalue weighted by Gasteiger charge is -2.15. The summed E-state index contributed by atoms with van der Waals surface area (Å²) in [6, 6.07) is 3.18. The second-order valence-corrected chi connectivity index (χ2v) is 6.74. The van der Waals surface area contributed by atoms with Gasteiger partial charge < -0.3 is 4.74 Å². The van der Waals surface area contributed by atoms with E-state index in [9.17, 15) is 0 Å². The van der Waals surface area contributed by atoms with E-state index in [1.54, 1.807) is 18.2 Å². The summed E-state index contributed by atoms with van der Waals surface area (Å²) in [6.45, 7) is 0. The molecule has 0 saturated carbocycles. The molecular weight excluding hydrogens is 373 g/mol. The van der Waals surface area contributed by atoms with Crippen molar-refractivity contribution in [2.75, 3.05) is 0 Å². The van der Waals surface area contributed by atoms with Gasteiger partial charge in [0.2, 0.25) is 5.06 Å². The smallest absolute Gasteiger partial charge is 0.209 e. The first-order chi connectivity index (χ1) is 8.84. The molecule has 2 atom stereocenters. The molecule has 1 heterocycles. The van der Waals surface area contributed by atoms with Gasteiger partial charge in [-0.2, -0.15) is 0 Å². The molecule has 1 aromatic carbocycles. The average Bonchev–Trinajstić information content (AvgIpc) is 3.04. The third kappa shape index (κ3) is 2.20. The number of ether oxygens (including phenoxy) is 1. The highest BCUT2D eigenvalue weighted by molar-refractivity contribution is 6.46. The Bertz CT molecular complexity index is 650. The number of benzene rings is 1. The zero-order valence-corrected chi connectivity index (χ0v) is 13.5. The van der Waals surface area contributed by atoms with Gasteiger partial charge in [-0.1, -0.05) is 69.6 Å². The van der Waals surface area contributed by atoms with E-state index in [1.807, 2.05) is 0 Å². The molecule has 0 amide bonds. The summed E-state index contributed by atoms with van der Waals surface area (Å²) in [5, 5.41) is 0.950. The molecule has 0 aromatic heterocycles. The number of hydrogen-bond acceptors (Lipinski definition) is 1. The van der Waals surface area contributed by atoms with Gasteiger partial charge >= 0.3 is 0 Å². The van der Waals surface area contributed by atoms with Crippen LogP contribution in [0.25, 0.3) is 5.57 Å². The van der Waals surface area contributed by atoms with Gasteiger partial charge in [0.05, 0.1) is 25.1 Å². The first-order valence-corrected chi connectivity index (χ1v) is 7.40. The fraction of sp³-hybridized carbons (Fsp3) is 0.167. The van der Waals surface area contributed by atoms with Crippen molar-refractivity contribution in [1.82, 2.24) is 0 Å². The molecule has 2 unspecified atom stereocenters. The maximum absolute atomic E-state index is 6.26. The predicted octanol–water partition coefficient (Wildman–Crippen LogP) is 6.07. The fourth-order valence-corrected chi connectivity index (χ4v) is 3.47. The van der Waals surface area contributed by atoms with Gasteiger partial charge in [-0.25, -0.2) is 0 Å². The standard InChI is InChI=1S/C12H4Cl6O/c13-6-3-8(15)7(14)1-4(6)5-2-9(16)12(18)11(19-12)10(5)17/h1-3,11H. The molecule has 19 heavy (non-hydrogen) atoms. The van der Waals surface area contributed by atoms with Crippen LogP contribution >= 0.6 is 69.6 Å². The van der Waals surface area contributed by atoms with Crippen molar-refractivity contribution in [2.45, 2.75) is 11.2 Å². The summed E-state index contributed by atoms with van der Waals surface area (Å²) in [4.78, 5) is 0. The van der Waals surface area contributed by atoms with Crippen molar-refractivity contribution in [2.24, 2.45) is 0 Å². The number of fused-ring (bicyclic) bond motifs is 1. The van der Waals surface area contributed by atoms with E-state index in [4.69, 9.17) is 74.3 Å². The van der Waals surface area contributed by atoms with Crippen LogP contribution in [0.1, 0.15) is 5.56 Å². The SMILES string of the molecule is ClC1=CC(c2cc(Cl)c(Cl)cc2Cl)=C(Cl)C2OC12Cl. The predicted molar refractivity (Wildman–Crippen MR) is 81.6 cm³/mol. The van der Waals surface area contributed by atoms with Crippen LogP contribution < -0.4 is 0 Å². The van der Waals surface area contributed by atoms with Gasteiger partial charge in [-0.05, 0) is 18.2 Å². The van der Waals surface area contributed by atoms with Crippen molar-refractivity contribution in [3.8, 4) is 0 Å². The maximum atomic E-state index is 6.26. The molecule has 0 N–H and O–H groups in total. The number of allylic oxidation sites excluding steroid dienone is 2. The minimum atomic E-state index is -1.02. The van der Waals surface area contributed by atoms with Crippen LogP contribution in [0, 0.1) is 0 Å². The number of rotatable bonds is 1. The van der Waals surface area contributed by atoms with Gasteiger partial charge in [-0.15, -0.1) is 0 Å². The minimum Gasteiger partial charge on any atom is -0.338 e. The summed E-state index contributed by atoms with van der Waals surface area (Å²) >= 11 is 36.5. The van der Waals surface area contributed by atoms with Gasteiger partial charge in [0, 0.05) is 11.1 Å². The van der Waals surface area contributed by atoms with E-state index >= 15 is 0 Å². The first-order valence-electron chi connectivity index (χ1n) is 5.13. The van der Waals surface area contributed by atoms with Crippen LogP contribution in [0.2, 0.25) is 15.1 Å². The molecule has 3 rings (SSSR count). The zero-order chi connectivity index (χ0) is 13.9. The quantitative estimate of drug-likeness (QED) is 0.329. The maximum Gasteiger partial charge on any atom is 0.209 e. The molecule has 0 radical (unpaired) electrons. The van der Waals surface area contributed by atoms with E-state index in [-0.39, 0.29) is 0 Å². The second kappa shape index (κ2) is 4.71. The number of alkyl halides is 1. The zero-order valence-electron chi connectivity index (χ0n) is 8.99. The molecule has 1 aliphatic carbocycles. The third-order valence-electron chi connectivity index (χ3n) is 2.95. The molecule has 2 aliphatic rings. The summed E-state index contributed by atoms with van der Waals surface area (Å²) in [5.74, 6) is 0. The molecule has 1 nitrogen and oxygen atoms in total. The molecule has 1 fully saturated rings. The summed E-state index contributed by atoms with van der Waals surface area (Å²) in [7, 11) is 0.